The highest BCUT2D eigenvalue weighted by molar-refractivity contribution is 5.95. The van der Waals surface area contributed by atoms with Gasteiger partial charge in [0.05, 0.1) is 6.54 Å². The minimum atomic E-state index is -0.172. The van der Waals surface area contributed by atoms with E-state index in [4.69, 9.17) is 5.73 Å². The van der Waals surface area contributed by atoms with Crippen LogP contribution in [0.15, 0.2) is 24.3 Å². The smallest absolute Gasteiger partial charge is 0.234 e. The Labute approximate surface area is 106 Å². The first-order valence-corrected chi connectivity index (χ1v) is 6.07. The fourth-order valence-corrected chi connectivity index (χ4v) is 1.99. The van der Waals surface area contributed by atoms with Gasteiger partial charge in [0.25, 0.3) is 0 Å². The molecule has 1 saturated heterocycles. The van der Waals surface area contributed by atoms with E-state index in [1.165, 1.54) is 0 Å². The van der Waals surface area contributed by atoms with Gasteiger partial charge >= 0.3 is 0 Å². The molecule has 0 atom stereocenters. The molecule has 1 aliphatic heterocycles. The summed E-state index contributed by atoms with van der Waals surface area (Å²) < 4.78 is 0. The van der Waals surface area contributed by atoms with Crippen molar-refractivity contribution in [3.05, 3.63) is 29.8 Å². The number of hydrogen-bond donors (Lipinski definition) is 2. The number of carbonyl (C=O) groups is 2. The van der Waals surface area contributed by atoms with E-state index >= 15 is 0 Å². The van der Waals surface area contributed by atoms with Crippen molar-refractivity contribution in [3.8, 4) is 0 Å². The summed E-state index contributed by atoms with van der Waals surface area (Å²) in [6, 6.07) is 7.65. The predicted octanol–water partition coefficient (Wildman–Crippen LogP) is 0.388. The Morgan fingerprint density at radius 3 is 2.61 bits per heavy atom. The first-order chi connectivity index (χ1) is 8.70. The maximum absolute atomic E-state index is 11.6. The molecule has 1 aliphatic rings. The molecule has 2 rings (SSSR count). The summed E-state index contributed by atoms with van der Waals surface area (Å²) in [5.41, 5.74) is 7.12. The van der Waals surface area contributed by atoms with Gasteiger partial charge in [0.2, 0.25) is 11.8 Å². The van der Waals surface area contributed by atoms with Crippen molar-refractivity contribution in [1.29, 1.82) is 0 Å². The Bertz CT molecular complexity index is 442. The van der Waals surface area contributed by atoms with Gasteiger partial charge in [-0.15, -0.1) is 0 Å². The molecule has 0 aromatic heterocycles. The second-order valence-corrected chi connectivity index (χ2v) is 4.30. The summed E-state index contributed by atoms with van der Waals surface area (Å²) in [7, 11) is 0. The van der Waals surface area contributed by atoms with Crippen LogP contribution in [-0.4, -0.2) is 24.9 Å². The van der Waals surface area contributed by atoms with Gasteiger partial charge in [-0.1, -0.05) is 12.1 Å². The highest BCUT2D eigenvalue weighted by atomic mass is 16.2. The number of nitrogens with two attached hydrogens (primary N) is 1. The van der Waals surface area contributed by atoms with Crippen LogP contribution < -0.4 is 16.0 Å². The van der Waals surface area contributed by atoms with Gasteiger partial charge in [-0.3, -0.25) is 9.59 Å². The number of amides is 2. The third-order valence-corrected chi connectivity index (χ3v) is 3.00. The minimum Gasteiger partial charge on any atom is -0.351 e. The summed E-state index contributed by atoms with van der Waals surface area (Å²) >= 11 is 0. The molecule has 1 heterocycles. The highest BCUT2D eigenvalue weighted by Crippen LogP contribution is 2.21. The zero-order valence-electron chi connectivity index (χ0n) is 10.2. The third-order valence-electron chi connectivity index (χ3n) is 3.00. The molecule has 0 unspecified atom stereocenters. The molecule has 5 nitrogen and oxygen atoms in total. The second kappa shape index (κ2) is 5.64. The molecule has 3 N–H and O–H groups in total. The van der Waals surface area contributed by atoms with Crippen LogP contribution in [0.25, 0.3) is 0 Å². The minimum absolute atomic E-state index is 0.000360. The Balaban J connectivity index is 1.97. The standard InChI is InChI=1S/C13H17N3O2/c14-8-12(17)15-9-10-3-5-11(6-4-10)16-7-1-2-13(16)18/h3-6H,1-2,7-9,14H2,(H,15,17). The van der Waals surface area contributed by atoms with E-state index in [1.54, 1.807) is 4.90 Å². The topological polar surface area (TPSA) is 75.4 Å². The Hall–Kier alpha value is -1.88. The molecule has 96 valence electrons. The molecular weight excluding hydrogens is 230 g/mol. The molecule has 5 heteroatoms. The van der Waals surface area contributed by atoms with Crippen LogP contribution in [0.3, 0.4) is 0 Å². The lowest BCUT2D eigenvalue weighted by Crippen LogP contribution is -2.29. The summed E-state index contributed by atoms with van der Waals surface area (Å²) in [6.45, 7) is 1.26. The number of hydrogen-bond acceptors (Lipinski definition) is 3. The molecule has 2 amide bonds. The van der Waals surface area contributed by atoms with Crippen LogP contribution in [0.4, 0.5) is 5.69 Å². The van der Waals surface area contributed by atoms with Gasteiger partial charge in [-0.2, -0.15) is 0 Å². The molecule has 0 aliphatic carbocycles. The van der Waals surface area contributed by atoms with Crippen LogP contribution in [-0.2, 0) is 16.1 Å². The molecule has 0 radical (unpaired) electrons. The Morgan fingerprint density at radius 1 is 1.33 bits per heavy atom. The monoisotopic (exact) mass is 247 g/mol. The largest absolute Gasteiger partial charge is 0.351 e. The van der Waals surface area contributed by atoms with E-state index in [2.05, 4.69) is 5.32 Å². The Kier molecular flexibility index (Phi) is 3.94. The predicted molar refractivity (Wildman–Crippen MR) is 68.9 cm³/mol. The van der Waals surface area contributed by atoms with Gasteiger partial charge in [0.1, 0.15) is 0 Å². The first kappa shape index (κ1) is 12.6. The van der Waals surface area contributed by atoms with Gasteiger partial charge in [-0.05, 0) is 24.1 Å². The Morgan fingerprint density at radius 2 is 2.06 bits per heavy atom. The van der Waals surface area contributed by atoms with E-state index in [0.717, 1.165) is 24.2 Å². The van der Waals surface area contributed by atoms with Crippen molar-refractivity contribution in [1.82, 2.24) is 5.32 Å². The van der Waals surface area contributed by atoms with Crippen LogP contribution in [0.5, 0.6) is 0 Å². The lowest BCUT2D eigenvalue weighted by molar-refractivity contribution is -0.120. The van der Waals surface area contributed by atoms with Gasteiger partial charge in [-0.25, -0.2) is 0 Å². The van der Waals surface area contributed by atoms with Crippen LogP contribution in [0, 0.1) is 0 Å². The third kappa shape index (κ3) is 2.87. The maximum Gasteiger partial charge on any atom is 0.234 e. The average molecular weight is 247 g/mol. The van der Waals surface area contributed by atoms with Crippen LogP contribution in [0.1, 0.15) is 18.4 Å². The van der Waals surface area contributed by atoms with E-state index in [9.17, 15) is 9.59 Å². The van der Waals surface area contributed by atoms with Crippen LogP contribution in [0.2, 0.25) is 0 Å². The fraction of sp³-hybridized carbons (Fsp3) is 0.385. The van der Waals surface area contributed by atoms with E-state index in [0.29, 0.717) is 13.0 Å². The number of nitrogens with zero attached hydrogens (tertiary/aromatic N) is 1. The molecular formula is C13H17N3O2. The molecule has 1 fully saturated rings. The lowest BCUT2D eigenvalue weighted by Gasteiger charge is -2.16. The van der Waals surface area contributed by atoms with Crippen molar-refractivity contribution in [2.45, 2.75) is 19.4 Å². The van der Waals surface area contributed by atoms with Crippen molar-refractivity contribution in [2.24, 2.45) is 5.73 Å². The summed E-state index contributed by atoms with van der Waals surface area (Å²) in [5, 5.41) is 2.70. The van der Waals surface area contributed by atoms with E-state index in [-0.39, 0.29) is 18.4 Å². The first-order valence-electron chi connectivity index (χ1n) is 6.07. The number of benzene rings is 1. The van der Waals surface area contributed by atoms with Crippen molar-refractivity contribution in [3.63, 3.8) is 0 Å². The SMILES string of the molecule is NCC(=O)NCc1ccc(N2CCCC2=O)cc1. The van der Waals surface area contributed by atoms with E-state index < -0.39 is 0 Å². The second-order valence-electron chi connectivity index (χ2n) is 4.30. The summed E-state index contributed by atoms with van der Waals surface area (Å²) in [5.74, 6) is 0.00739. The van der Waals surface area contributed by atoms with E-state index in [1.807, 2.05) is 24.3 Å². The molecule has 0 saturated carbocycles. The van der Waals surface area contributed by atoms with Crippen molar-refractivity contribution >= 4 is 17.5 Å². The quantitative estimate of drug-likeness (QED) is 0.808. The molecule has 1 aromatic carbocycles. The number of rotatable bonds is 4. The zero-order valence-corrected chi connectivity index (χ0v) is 10.2. The van der Waals surface area contributed by atoms with Gasteiger partial charge in [0.15, 0.2) is 0 Å². The zero-order chi connectivity index (χ0) is 13.0. The number of carbonyl (C=O) groups excluding carboxylic acids is 2. The molecule has 0 spiro atoms. The molecule has 18 heavy (non-hydrogen) atoms. The van der Waals surface area contributed by atoms with Gasteiger partial charge in [0, 0.05) is 25.2 Å². The lowest BCUT2D eigenvalue weighted by atomic mass is 10.2. The normalized spacial score (nSPS) is 14.9. The number of nitrogens with one attached hydrogen (secondary N) is 1. The fourth-order valence-electron chi connectivity index (χ4n) is 1.99. The van der Waals surface area contributed by atoms with Crippen LogP contribution >= 0.6 is 0 Å². The highest BCUT2D eigenvalue weighted by Gasteiger charge is 2.21. The summed E-state index contributed by atoms with van der Waals surface area (Å²) in [4.78, 5) is 24.4. The number of anilines is 1. The molecule has 1 aromatic rings. The maximum atomic E-state index is 11.6. The molecule has 0 bridgehead atoms. The van der Waals surface area contributed by atoms with Crippen molar-refractivity contribution in [2.75, 3.05) is 18.0 Å². The average Bonchev–Trinajstić information content (AvgIpc) is 2.83. The summed E-state index contributed by atoms with van der Waals surface area (Å²) in [6.07, 6.45) is 1.56. The van der Waals surface area contributed by atoms with Gasteiger partial charge < -0.3 is 16.0 Å². The van der Waals surface area contributed by atoms with Crippen molar-refractivity contribution < 1.29 is 9.59 Å².